The summed E-state index contributed by atoms with van der Waals surface area (Å²) >= 11 is 0. The molecule has 0 radical (unpaired) electrons. The first-order valence-corrected chi connectivity index (χ1v) is 6.79. The molecule has 0 bridgehead atoms. The van der Waals surface area contributed by atoms with Gasteiger partial charge in [-0.25, -0.2) is 0 Å². The Morgan fingerprint density at radius 3 is 2.53 bits per heavy atom. The van der Waals surface area contributed by atoms with Crippen molar-refractivity contribution in [2.45, 2.75) is 51.7 Å². The van der Waals surface area contributed by atoms with Crippen molar-refractivity contribution in [3.63, 3.8) is 0 Å². The molecule has 1 aliphatic rings. The maximum absolute atomic E-state index is 11.1. The van der Waals surface area contributed by atoms with Crippen molar-refractivity contribution in [1.29, 1.82) is 0 Å². The molecular weight excluding hydrogens is 240 g/mol. The van der Waals surface area contributed by atoms with Gasteiger partial charge in [0.15, 0.2) is 0 Å². The molecule has 0 spiro atoms. The number of hydrogen-bond donors (Lipinski definition) is 1. The zero-order valence-corrected chi connectivity index (χ0v) is 12.5. The van der Waals surface area contributed by atoms with E-state index in [1.165, 1.54) is 0 Å². The van der Waals surface area contributed by atoms with E-state index in [2.05, 4.69) is 6.07 Å². The maximum atomic E-state index is 11.1. The molecule has 3 nitrogen and oxygen atoms in total. The molecule has 1 aliphatic heterocycles. The molecule has 106 valence electrons. The molecule has 2 rings (SSSR count). The molecule has 1 N–H and O–H groups in total. The molecule has 3 heteroatoms. The average Bonchev–Trinajstić information content (AvgIpc) is 2.25. The predicted octanol–water partition coefficient (Wildman–Crippen LogP) is 3.09. The van der Waals surface area contributed by atoms with E-state index in [4.69, 9.17) is 9.47 Å². The summed E-state index contributed by atoms with van der Waals surface area (Å²) < 4.78 is 11.2. The summed E-state index contributed by atoms with van der Waals surface area (Å²) in [5.74, 6) is 0.776. The summed E-state index contributed by atoms with van der Waals surface area (Å²) in [5, 5.41) is 11.1. The van der Waals surface area contributed by atoms with E-state index in [0.717, 1.165) is 22.4 Å². The number of aliphatic hydroxyl groups is 1. The van der Waals surface area contributed by atoms with E-state index >= 15 is 0 Å². The monoisotopic (exact) mass is 264 g/mol. The summed E-state index contributed by atoms with van der Waals surface area (Å²) in [6.07, 6.45) is 1.19. The van der Waals surface area contributed by atoms with Crippen LogP contribution in [0.2, 0.25) is 0 Å². The van der Waals surface area contributed by atoms with Gasteiger partial charge in [0.1, 0.15) is 5.75 Å². The SMILES string of the molecule is COc1cc(C)cc(C)c1C1(O)CCOC(C)(C)C1. The molecule has 1 unspecified atom stereocenters. The molecule has 1 saturated heterocycles. The Labute approximate surface area is 115 Å². The van der Waals surface area contributed by atoms with Gasteiger partial charge in [-0.05, 0) is 44.9 Å². The lowest BCUT2D eigenvalue weighted by Gasteiger charge is -2.42. The van der Waals surface area contributed by atoms with Crippen LogP contribution < -0.4 is 4.74 Å². The van der Waals surface area contributed by atoms with Crippen molar-refractivity contribution >= 4 is 0 Å². The van der Waals surface area contributed by atoms with Crippen molar-refractivity contribution in [3.8, 4) is 5.75 Å². The van der Waals surface area contributed by atoms with Crippen molar-refractivity contribution in [2.75, 3.05) is 13.7 Å². The van der Waals surface area contributed by atoms with Gasteiger partial charge in [0.2, 0.25) is 0 Å². The van der Waals surface area contributed by atoms with E-state index in [0.29, 0.717) is 19.4 Å². The highest BCUT2D eigenvalue weighted by molar-refractivity contribution is 5.47. The minimum absolute atomic E-state index is 0.310. The van der Waals surface area contributed by atoms with Crippen LogP contribution in [0.15, 0.2) is 12.1 Å². The van der Waals surface area contributed by atoms with Gasteiger partial charge >= 0.3 is 0 Å². The van der Waals surface area contributed by atoms with Crippen molar-refractivity contribution in [3.05, 3.63) is 28.8 Å². The fourth-order valence-corrected chi connectivity index (χ4v) is 3.24. The molecule has 1 fully saturated rings. The zero-order valence-electron chi connectivity index (χ0n) is 12.5. The number of hydrogen-bond acceptors (Lipinski definition) is 3. The quantitative estimate of drug-likeness (QED) is 0.892. The number of aryl methyl sites for hydroxylation is 2. The van der Waals surface area contributed by atoms with Crippen LogP contribution >= 0.6 is 0 Å². The first kappa shape index (κ1) is 14.4. The number of benzene rings is 1. The molecule has 0 amide bonds. The van der Waals surface area contributed by atoms with Crippen LogP contribution in [0, 0.1) is 13.8 Å². The summed E-state index contributed by atoms with van der Waals surface area (Å²) in [6, 6.07) is 4.08. The molecule has 0 aromatic heterocycles. The van der Waals surface area contributed by atoms with Gasteiger partial charge in [0.25, 0.3) is 0 Å². The second-order valence-corrected chi connectivity index (χ2v) is 6.23. The van der Waals surface area contributed by atoms with Crippen LogP contribution in [-0.2, 0) is 10.3 Å². The summed E-state index contributed by atoms with van der Waals surface area (Å²) in [5.41, 5.74) is 1.96. The Morgan fingerprint density at radius 2 is 1.95 bits per heavy atom. The summed E-state index contributed by atoms with van der Waals surface area (Å²) in [4.78, 5) is 0. The van der Waals surface area contributed by atoms with Crippen LogP contribution in [0.1, 0.15) is 43.4 Å². The minimum atomic E-state index is -0.870. The van der Waals surface area contributed by atoms with E-state index in [1.807, 2.05) is 33.8 Å². The molecule has 0 aliphatic carbocycles. The van der Waals surface area contributed by atoms with Crippen molar-refractivity contribution < 1.29 is 14.6 Å². The average molecular weight is 264 g/mol. The minimum Gasteiger partial charge on any atom is -0.496 e. The molecular formula is C16H24O3. The maximum Gasteiger partial charge on any atom is 0.125 e. The fourth-order valence-electron chi connectivity index (χ4n) is 3.24. The molecule has 1 aromatic rings. The second-order valence-electron chi connectivity index (χ2n) is 6.23. The van der Waals surface area contributed by atoms with Crippen molar-refractivity contribution in [1.82, 2.24) is 0 Å². The standard InChI is InChI=1S/C16H24O3/c1-11-8-12(2)14(13(9-11)18-5)16(17)6-7-19-15(3,4)10-16/h8-9,17H,6-7,10H2,1-5H3. The molecule has 1 atom stereocenters. The molecule has 0 saturated carbocycles. The lowest BCUT2D eigenvalue weighted by molar-refractivity contribution is -0.148. The van der Waals surface area contributed by atoms with Crippen molar-refractivity contribution in [2.24, 2.45) is 0 Å². The molecule has 19 heavy (non-hydrogen) atoms. The number of methoxy groups -OCH3 is 1. The number of rotatable bonds is 2. The lowest BCUT2D eigenvalue weighted by Crippen LogP contribution is -2.44. The van der Waals surface area contributed by atoms with Crippen LogP contribution in [0.5, 0.6) is 5.75 Å². The lowest BCUT2D eigenvalue weighted by atomic mass is 9.77. The number of ether oxygens (including phenoxy) is 2. The Bertz CT molecular complexity index is 479. The zero-order chi connectivity index (χ0) is 14.3. The van der Waals surface area contributed by atoms with E-state index in [9.17, 15) is 5.11 Å². The van der Waals surface area contributed by atoms with Gasteiger partial charge in [0.05, 0.1) is 24.9 Å². The highest BCUT2D eigenvalue weighted by Gasteiger charge is 2.43. The van der Waals surface area contributed by atoms with Crippen LogP contribution in [0.4, 0.5) is 0 Å². The smallest absolute Gasteiger partial charge is 0.125 e. The summed E-state index contributed by atoms with van der Waals surface area (Å²) in [7, 11) is 1.66. The van der Waals surface area contributed by atoms with Gasteiger partial charge < -0.3 is 14.6 Å². The highest BCUT2D eigenvalue weighted by Crippen LogP contribution is 2.44. The first-order chi connectivity index (χ1) is 8.77. The third-order valence-corrected chi connectivity index (χ3v) is 3.86. The van der Waals surface area contributed by atoms with Gasteiger partial charge in [-0.15, -0.1) is 0 Å². The first-order valence-electron chi connectivity index (χ1n) is 6.79. The normalized spacial score (nSPS) is 26.2. The second kappa shape index (κ2) is 4.80. The predicted molar refractivity (Wildman–Crippen MR) is 75.6 cm³/mol. The van der Waals surface area contributed by atoms with E-state index in [-0.39, 0.29) is 5.60 Å². The third-order valence-electron chi connectivity index (χ3n) is 3.86. The largest absolute Gasteiger partial charge is 0.496 e. The van der Waals surface area contributed by atoms with Gasteiger partial charge in [0, 0.05) is 18.4 Å². The Kier molecular flexibility index (Phi) is 3.63. The topological polar surface area (TPSA) is 38.7 Å². The molecule has 1 heterocycles. The van der Waals surface area contributed by atoms with Gasteiger partial charge in [-0.2, -0.15) is 0 Å². The molecule has 1 aromatic carbocycles. The Morgan fingerprint density at radius 1 is 1.26 bits per heavy atom. The van der Waals surface area contributed by atoms with Crippen LogP contribution in [-0.4, -0.2) is 24.4 Å². The third kappa shape index (κ3) is 2.77. The van der Waals surface area contributed by atoms with Gasteiger partial charge in [-0.3, -0.25) is 0 Å². The van der Waals surface area contributed by atoms with E-state index < -0.39 is 5.60 Å². The Balaban J connectivity index is 2.51. The fraction of sp³-hybridized carbons (Fsp3) is 0.625. The highest BCUT2D eigenvalue weighted by atomic mass is 16.5. The van der Waals surface area contributed by atoms with Gasteiger partial charge in [-0.1, -0.05) is 6.07 Å². The van der Waals surface area contributed by atoms with E-state index in [1.54, 1.807) is 7.11 Å². The van der Waals surface area contributed by atoms with Crippen LogP contribution in [0.3, 0.4) is 0 Å². The Hall–Kier alpha value is -1.06. The summed E-state index contributed by atoms with van der Waals surface area (Å²) in [6.45, 7) is 8.68. The van der Waals surface area contributed by atoms with Crippen LogP contribution in [0.25, 0.3) is 0 Å².